The maximum absolute atomic E-state index is 11.0. The van der Waals surface area contributed by atoms with Crippen molar-refractivity contribution in [2.24, 2.45) is 16.2 Å². The number of nitrogens with zero attached hydrogens (tertiary/aromatic N) is 4. The molecule has 0 atom stereocenters. The Hall–Kier alpha value is -1.34. The number of amides is 1. The van der Waals surface area contributed by atoms with Crippen LogP contribution in [0.5, 0.6) is 0 Å². The van der Waals surface area contributed by atoms with Crippen LogP contribution in [-0.4, -0.2) is 19.8 Å². The van der Waals surface area contributed by atoms with Crippen LogP contribution in [0.1, 0.15) is 10.6 Å². The van der Waals surface area contributed by atoms with Gasteiger partial charge in [0, 0.05) is 23.6 Å². The summed E-state index contributed by atoms with van der Waals surface area (Å²) >= 11 is 10.3. The van der Waals surface area contributed by atoms with Crippen LogP contribution in [0.25, 0.3) is 0 Å². The summed E-state index contributed by atoms with van der Waals surface area (Å²) in [5.41, 5.74) is 0. The molecule has 0 aliphatic carbocycles. The van der Waals surface area contributed by atoms with Crippen LogP contribution in [-0.2, 0) is 0 Å². The van der Waals surface area contributed by atoms with E-state index in [1.54, 1.807) is 0 Å². The van der Waals surface area contributed by atoms with Crippen molar-refractivity contribution < 1.29 is 4.79 Å². The number of nitrogens with one attached hydrogen (secondary N) is 1. The number of carbonyl (C=O) groups is 1. The van der Waals surface area contributed by atoms with Gasteiger partial charge >= 0.3 is 5.91 Å². The van der Waals surface area contributed by atoms with Gasteiger partial charge in [-0.25, -0.2) is 4.98 Å². The van der Waals surface area contributed by atoms with Crippen LogP contribution in [0.3, 0.4) is 0 Å². The molecular formula is C4H4Cl2N6O. The number of nitrogens with two attached hydrogens (primary N) is 1. The fourth-order valence-electron chi connectivity index (χ4n) is 0.613. The summed E-state index contributed by atoms with van der Waals surface area (Å²) < 4.78 is 0.349. The molecule has 1 rings (SSSR count). The lowest BCUT2D eigenvalue weighted by molar-refractivity contribution is 0.0914. The monoisotopic (exact) mass is 222 g/mol. The van der Waals surface area contributed by atoms with Crippen LogP contribution in [0.4, 0.5) is 5.82 Å². The summed E-state index contributed by atoms with van der Waals surface area (Å²) in [5, 5.41) is 6.38. The predicted molar refractivity (Wildman–Crippen MR) is 45.2 cm³/mol. The number of hydrogen-bond donors (Lipinski definition) is 2. The molecule has 0 fully saturated rings. The molecule has 1 aromatic heterocycles. The van der Waals surface area contributed by atoms with Gasteiger partial charge in [-0.15, -0.1) is 5.11 Å². The molecule has 0 unspecified atom stereocenters. The van der Waals surface area contributed by atoms with E-state index < -0.39 is 5.91 Å². The van der Waals surface area contributed by atoms with E-state index in [-0.39, 0.29) is 11.6 Å². The SMILES string of the molecule is NN=Nc1cnc(C(=O)N(Cl)Cl)[nH]1. The van der Waals surface area contributed by atoms with E-state index in [0.717, 1.165) is 0 Å². The second kappa shape index (κ2) is 4.06. The van der Waals surface area contributed by atoms with E-state index in [4.69, 9.17) is 29.4 Å². The Morgan fingerprint density at radius 2 is 2.38 bits per heavy atom. The third-order valence-electron chi connectivity index (χ3n) is 1.08. The van der Waals surface area contributed by atoms with Gasteiger partial charge in [0.05, 0.1) is 6.20 Å². The summed E-state index contributed by atoms with van der Waals surface area (Å²) in [4.78, 5) is 17.1. The molecule has 3 N–H and O–H groups in total. The van der Waals surface area contributed by atoms with E-state index >= 15 is 0 Å². The van der Waals surface area contributed by atoms with E-state index in [2.05, 4.69) is 20.3 Å². The molecule has 0 aromatic carbocycles. The largest absolute Gasteiger partial charge is 0.319 e. The fraction of sp³-hybridized carbons (Fsp3) is 0. The Kier molecular flexibility index (Phi) is 3.04. The molecule has 0 aliphatic rings. The van der Waals surface area contributed by atoms with E-state index in [1.807, 2.05) is 0 Å². The van der Waals surface area contributed by atoms with E-state index in [0.29, 0.717) is 3.94 Å². The molecule has 9 heteroatoms. The minimum absolute atomic E-state index is 0.0487. The highest BCUT2D eigenvalue weighted by Gasteiger charge is 2.15. The van der Waals surface area contributed by atoms with Crippen molar-refractivity contribution in [3.63, 3.8) is 0 Å². The number of aromatic nitrogens is 2. The highest BCUT2D eigenvalue weighted by atomic mass is 35.5. The first-order valence-corrected chi connectivity index (χ1v) is 3.64. The lowest BCUT2D eigenvalue weighted by atomic mass is 10.6. The van der Waals surface area contributed by atoms with Gasteiger partial charge in [-0.1, -0.05) is 5.22 Å². The van der Waals surface area contributed by atoms with Crippen LogP contribution >= 0.6 is 23.6 Å². The normalized spacial score (nSPS) is 10.6. The maximum Gasteiger partial charge on any atom is 0.319 e. The molecule has 1 aromatic rings. The van der Waals surface area contributed by atoms with Gasteiger partial charge in [0.1, 0.15) is 0 Å². The molecule has 0 radical (unpaired) electrons. The van der Waals surface area contributed by atoms with Gasteiger partial charge in [0.25, 0.3) is 0 Å². The van der Waals surface area contributed by atoms with Gasteiger partial charge in [0.2, 0.25) is 5.82 Å². The van der Waals surface area contributed by atoms with Crippen LogP contribution in [0.15, 0.2) is 16.5 Å². The first-order valence-electron chi connectivity index (χ1n) is 2.97. The zero-order chi connectivity index (χ0) is 9.84. The highest BCUT2D eigenvalue weighted by Crippen LogP contribution is 2.11. The Balaban J connectivity index is 2.85. The van der Waals surface area contributed by atoms with Gasteiger partial charge < -0.3 is 10.8 Å². The summed E-state index contributed by atoms with van der Waals surface area (Å²) in [6.07, 6.45) is 1.26. The first kappa shape index (κ1) is 9.75. The smallest absolute Gasteiger partial charge is 0.317 e. The van der Waals surface area contributed by atoms with Gasteiger partial charge in [-0.3, -0.25) is 4.79 Å². The van der Waals surface area contributed by atoms with Crippen molar-refractivity contribution in [2.75, 3.05) is 0 Å². The lowest BCUT2D eigenvalue weighted by Gasteiger charge is -1.98. The topological polar surface area (TPSA) is 99.7 Å². The van der Waals surface area contributed by atoms with Crippen molar-refractivity contribution in [3.8, 4) is 0 Å². The summed E-state index contributed by atoms with van der Waals surface area (Å²) in [5.74, 6) is 4.26. The summed E-state index contributed by atoms with van der Waals surface area (Å²) in [7, 11) is 0. The molecule has 0 saturated heterocycles. The quantitative estimate of drug-likeness (QED) is 0.340. The first-order chi connectivity index (χ1) is 6.15. The summed E-state index contributed by atoms with van der Waals surface area (Å²) in [6, 6.07) is 0. The second-order valence-electron chi connectivity index (χ2n) is 1.87. The minimum atomic E-state index is -0.693. The van der Waals surface area contributed by atoms with E-state index in [1.165, 1.54) is 6.20 Å². The lowest BCUT2D eigenvalue weighted by Crippen LogP contribution is -2.12. The van der Waals surface area contributed by atoms with Crippen molar-refractivity contribution in [1.29, 1.82) is 0 Å². The van der Waals surface area contributed by atoms with Gasteiger partial charge in [-0.05, 0) is 0 Å². The Bertz CT molecular complexity index is 333. The van der Waals surface area contributed by atoms with Crippen LogP contribution in [0, 0.1) is 0 Å². The maximum atomic E-state index is 11.0. The van der Waals surface area contributed by atoms with Crippen molar-refractivity contribution in [2.45, 2.75) is 0 Å². The number of imidazole rings is 1. The molecule has 0 aliphatic heterocycles. The number of hydrogen-bond acceptors (Lipinski definition) is 4. The highest BCUT2D eigenvalue weighted by molar-refractivity contribution is 6.42. The standard InChI is InChI=1S/C4H4Cl2N6O/c5-12(6)4(13)3-8-1-2(9-3)10-11-7/h1H,(H2,7,10)(H,8,9). The van der Waals surface area contributed by atoms with Crippen LogP contribution in [0.2, 0.25) is 0 Å². The summed E-state index contributed by atoms with van der Waals surface area (Å²) in [6.45, 7) is 0. The van der Waals surface area contributed by atoms with Crippen molar-refractivity contribution >= 4 is 35.3 Å². The number of H-pyrrole nitrogens is 1. The average Bonchev–Trinajstić information content (AvgIpc) is 2.52. The molecule has 0 bridgehead atoms. The molecule has 1 heterocycles. The number of carbonyl (C=O) groups excluding carboxylic acids is 1. The molecule has 70 valence electrons. The fourth-order valence-corrected chi connectivity index (χ4v) is 0.773. The minimum Gasteiger partial charge on any atom is -0.317 e. The second-order valence-corrected chi connectivity index (χ2v) is 2.72. The van der Waals surface area contributed by atoms with Gasteiger partial charge in [-0.2, -0.15) is 3.94 Å². The van der Waals surface area contributed by atoms with E-state index in [9.17, 15) is 4.79 Å². The molecule has 0 spiro atoms. The van der Waals surface area contributed by atoms with Gasteiger partial charge in [0.15, 0.2) is 5.82 Å². The number of halogens is 2. The Labute approximate surface area is 82.7 Å². The third-order valence-corrected chi connectivity index (χ3v) is 1.39. The molecular weight excluding hydrogens is 219 g/mol. The van der Waals surface area contributed by atoms with Crippen molar-refractivity contribution in [3.05, 3.63) is 12.0 Å². The zero-order valence-electron chi connectivity index (χ0n) is 6.11. The average molecular weight is 223 g/mol. The number of rotatable bonds is 2. The molecule has 1 amide bonds. The third kappa shape index (κ3) is 2.30. The zero-order valence-corrected chi connectivity index (χ0v) is 7.62. The molecule has 7 nitrogen and oxygen atoms in total. The van der Waals surface area contributed by atoms with Crippen molar-refractivity contribution in [1.82, 2.24) is 13.9 Å². The molecule has 0 saturated carbocycles. The predicted octanol–water partition coefficient (Wildman–Crippen LogP) is 1.12. The number of aromatic amines is 1. The Morgan fingerprint density at radius 3 is 2.92 bits per heavy atom. The van der Waals surface area contributed by atoms with Crippen LogP contribution < -0.4 is 5.84 Å². The molecule has 13 heavy (non-hydrogen) atoms. The Morgan fingerprint density at radius 1 is 1.69 bits per heavy atom.